The van der Waals surface area contributed by atoms with Gasteiger partial charge in [-0.05, 0) is 29.4 Å². The third-order valence-corrected chi connectivity index (χ3v) is 6.21. The molecular formula is C22H30N4O3S. The largest absolute Gasteiger partial charge is 0.493 e. The molecule has 4 rings (SSSR count). The predicted molar refractivity (Wildman–Crippen MR) is 118 cm³/mol. The van der Waals surface area contributed by atoms with Crippen molar-refractivity contribution in [2.75, 3.05) is 52.3 Å². The zero-order valence-electron chi connectivity index (χ0n) is 17.5. The van der Waals surface area contributed by atoms with E-state index in [-0.39, 0.29) is 5.91 Å². The van der Waals surface area contributed by atoms with Crippen LogP contribution in [-0.2, 0) is 17.7 Å². The van der Waals surface area contributed by atoms with Crippen molar-refractivity contribution in [3.63, 3.8) is 0 Å². The minimum absolute atomic E-state index is 0.0509. The van der Waals surface area contributed by atoms with Crippen LogP contribution in [-0.4, -0.2) is 77.7 Å². The van der Waals surface area contributed by atoms with E-state index in [1.807, 2.05) is 11.1 Å². The van der Waals surface area contributed by atoms with Gasteiger partial charge in [0.25, 0.3) is 5.91 Å². The molecule has 0 saturated carbocycles. The number of fused-ring (bicyclic) bond motifs is 1. The SMILES string of the molecule is COCCn1cc(C(=O)N2CCN(C(CCS)c3ccc4c(c3)OCC4)CC2)cn1. The lowest BCUT2D eigenvalue weighted by Gasteiger charge is -2.39. The Bertz CT molecular complexity index is 864. The molecule has 7 nitrogen and oxygen atoms in total. The van der Waals surface area contributed by atoms with Gasteiger partial charge in [0.1, 0.15) is 5.75 Å². The first-order valence-corrected chi connectivity index (χ1v) is 11.2. The van der Waals surface area contributed by atoms with Crippen LogP contribution in [0.15, 0.2) is 30.6 Å². The number of carbonyl (C=O) groups excluding carboxylic acids is 1. The molecule has 0 N–H and O–H groups in total. The third kappa shape index (κ3) is 4.66. The first-order valence-electron chi connectivity index (χ1n) is 10.6. The molecule has 162 valence electrons. The summed E-state index contributed by atoms with van der Waals surface area (Å²) in [7, 11) is 1.66. The molecule has 1 amide bonds. The van der Waals surface area contributed by atoms with Crippen LogP contribution in [0.3, 0.4) is 0 Å². The van der Waals surface area contributed by atoms with Gasteiger partial charge in [0.15, 0.2) is 0 Å². The molecule has 0 bridgehead atoms. The third-order valence-electron chi connectivity index (χ3n) is 5.95. The second-order valence-electron chi connectivity index (χ2n) is 7.81. The van der Waals surface area contributed by atoms with Gasteiger partial charge in [-0.1, -0.05) is 12.1 Å². The molecule has 1 unspecified atom stereocenters. The summed E-state index contributed by atoms with van der Waals surface area (Å²) in [5.41, 5.74) is 3.22. The average molecular weight is 431 g/mol. The van der Waals surface area contributed by atoms with E-state index >= 15 is 0 Å². The molecule has 3 heterocycles. The number of nitrogens with zero attached hydrogens (tertiary/aromatic N) is 4. The highest BCUT2D eigenvalue weighted by Gasteiger charge is 2.28. The van der Waals surface area contributed by atoms with E-state index < -0.39 is 0 Å². The van der Waals surface area contributed by atoms with Gasteiger partial charge in [-0.25, -0.2) is 0 Å². The molecule has 2 aromatic rings. The molecule has 8 heteroatoms. The summed E-state index contributed by atoms with van der Waals surface area (Å²) in [5.74, 6) is 1.90. The van der Waals surface area contributed by atoms with Gasteiger partial charge in [-0.15, -0.1) is 0 Å². The summed E-state index contributed by atoms with van der Waals surface area (Å²) < 4.78 is 12.6. The molecule has 2 aliphatic rings. The summed E-state index contributed by atoms with van der Waals surface area (Å²) in [6, 6.07) is 6.92. The molecular weight excluding hydrogens is 400 g/mol. The van der Waals surface area contributed by atoms with Gasteiger partial charge in [0, 0.05) is 51.9 Å². The Hall–Kier alpha value is -2.03. The van der Waals surface area contributed by atoms with Gasteiger partial charge in [0.2, 0.25) is 0 Å². The molecule has 2 aliphatic heterocycles. The molecule has 1 aromatic heterocycles. The minimum atomic E-state index is 0.0509. The molecule has 0 spiro atoms. The number of aromatic nitrogens is 2. The number of ether oxygens (including phenoxy) is 2. The van der Waals surface area contributed by atoms with Gasteiger partial charge in [-0.2, -0.15) is 17.7 Å². The smallest absolute Gasteiger partial charge is 0.257 e. The van der Waals surface area contributed by atoms with Crippen LogP contribution in [0.2, 0.25) is 0 Å². The number of methoxy groups -OCH3 is 1. The lowest BCUT2D eigenvalue weighted by Crippen LogP contribution is -2.49. The molecule has 30 heavy (non-hydrogen) atoms. The first kappa shape index (κ1) is 21.2. The maximum atomic E-state index is 12.9. The van der Waals surface area contributed by atoms with Crippen molar-refractivity contribution in [3.05, 3.63) is 47.3 Å². The molecule has 0 radical (unpaired) electrons. The van der Waals surface area contributed by atoms with Gasteiger partial charge >= 0.3 is 0 Å². The number of benzene rings is 1. The van der Waals surface area contributed by atoms with E-state index in [2.05, 4.69) is 40.8 Å². The zero-order chi connectivity index (χ0) is 20.9. The fraction of sp³-hybridized carbons (Fsp3) is 0.545. The Kier molecular flexibility index (Phi) is 6.97. The fourth-order valence-electron chi connectivity index (χ4n) is 4.27. The predicted octanol–water partition coefficient (Wildman–Crippen LogP) is 2.28. The fourth-order valence-corrected chi connectivity index (χ4v) is 4.52. The number of hydrogen-bond donors (Lipinski definition) is 1. The Morgan fingerprint density at radius 3 is 2.90 bits per heavy atom. The molecule has 1 fully saturated rings. The average Bonchev–Trinajstić information content (AvgIpc) is 3.44. The number of thiol groups is 1. The van der Waals surface area contributed by atoms with Crippen molar-refractivity contribution in [3.8, 4) is 5.75 Å². The summed E-state index contributed by atoms with van der Waals surface area (Å²) in [5, 5.41) is 4.26. The number of carbonyl (C=O) groups is 1. The van der Waals surface area contributed by atoms with E-state index in [9.17, 15) is 4.79 Å². The quantitative estimate of drug-likeness (QED) is 0.651. The maximum absolute atomic E-state index is 12.9. The van der Waals surface area contributed by atoms with Crippen molar-refractivity contribution < 1.29 is 14.3 Å². The number of piperazine rings is 1. The highest BCUT2D eigenvalue weighted by atomic mass is 32.1. The highest BCUT2D eigenvalue weighted by molar-refractivity contribution is 7.80. The zero-order valence-corrected chi connectivity index (χ0v) is 18.4. The van der Waals surface area contributed by atoms with Crippen molar-refractivity contribution in [2.24, 2.45) is 0 Å². The monoisotopic (exact) mass is 430 g/mol. The summed E-state index contributed by atoms with van der Waals surface area (Å²) >= 11 is 4.50. The van der Waals surface area contributed by atoms with E-state index in [1.165, 1.54) is 11.1 Å². The van der Waals surface area contributed by atoms with E-state index in [0.717, 1.165) is 44.0 Å². The van der Waals surface area contributed by atoms with Gasteiger partial charge < -0.3 is 14.4 Å². The second-order valence-corrected chi connectivity index (χ2v) is 8.25. The summed E-state index contributed by atoms with van der Waals surface area (Å²) in [6.07, 6.45) is 5.43. The summed E-state index contributed by atoms with van der Waals surface area (Å²) in [6.45, 7) is 5.12. The topological polar surface area (TPSA) is 59.8 Å². The van der Waals surface area contributed by atoms with Crippen LogP contribution in [0.1, 0.15) is 33.9 Å². The normalized spacial score (nSPS) is 17.6. The number of hydrogen-bond acceptors (Lipinski definition) is 6. The van der Waals surface area contributed by atoms with Crippen LogP contribution in [0.5, 0.6) is 5.75 Å². The van der Waals surface area contributed by atoms with Crippen LogP contribution < -0.4 is 4.74 Å². The minimum Gasteiger partial charge on any atom is -0.493 e. The highest BCUT2D eigenvalue weighted by Crippen LogP contribution is 2.33. The lowest BCUT2D eigenvalue weighted by molar-refractivity contribution is 0.0563. The number of rotatable bonds is 8. The van der Waals surface area contributed by atoms with Gasteiger partial charge in [0.05, 0.1) is 31.5 Å². The van der Waals surface area contributed by atoms with Crippen LogP contribution >= 0.6 is 12.6 Å². The first-order chi connectivity index (χ1) is 14.7. The lowest BCUT2D eigenvalue weighted by atomic mass is 9.99. The molecule has 0 aliphatic carbocycles. The van der Waals surface area contributed by atoms with Crippen molar-refractivity contribution in [1.29, 1.82) is 0 Å². The second kappa shape index (κ2) is 9.85. The van der Waals surface area contributed by atoms with E-state index in [0.29, 0.717) is 37.8 Å². The Morgan fingerprint density at radius 1 is 1.30 bits per heavy atom. The Morgan fingerprint density at radius 2 is 2.13 bits per heavy atom. The van der Waals surface area contributed by atoms with Crippen LogP contribution in [0.25, 0.3) is 0 Å². The standard InChI is InChI=1S/C22H30N4O3S/c1-28-12-10-26-16-19(15-23-26)22(27)25-8-6-24(7-9-25)20(5-13-30)18-3-2-17-4-11-29-21(17)14-18/h2-3,14-16,20,30H,4-13H2,1H3. The molecule has 1 aromatic carbocycles. The molecule has 1 atom stereocenters. The summed E-state index contributed by atoms with van der Waals surface area (Å²) in [4.78, 5) is 17.3. The maximum Gasteiger partial charge on any atom is 0.257 e. The van der Waals surface area contributed by atoms with Crippen molar-refractivity contribution >= 4 is 18.5 Å². The Balaban J connectivity index is 1.38. The van der Waals surface area contributed by atoms with E-state index in [4.69, 9.17) is 9.47 Å². The molecule has 1 saturated heterocycles. The number of amides is 1. The Labute approximate surface area is 183 Å². The van der Waals surface area contributed by atoms with E-state index in [1.54, 1.807) is 18.0 Å². The van der Waals surface area contributed by atoms with Crippen molar-refractivity contribution in [1.82, 2.24) is 19.6 Å². The van der Waals surface area contributed by atoms with Crippen LogP contribution in [0, 0.1) is 0 Å². The van der Waals surface area contributed by atoms with Gasteiger partial charge in [-0.3, -0.25) is 14.4 Å². The van der Waals surface area contributed by atoms with Crippen molar-refractivity contribution in [2.45, 2.75) is 25.4 Å². The van der Waals surface area contributed by atoms with Crippen LogP contribution in [0.4, 0.5) is 0 Å².